The molecule has 0 radical (unpaired) electrons. The van der Waals surface area contributed by atoms with E-state index in [1.54, 1.807) is 36.0 Å². The van der Waals surface area contributed by atoms with Crippen LogP contribution in [0.5, 0.6) is 17.2 Å². The predicted octanol–water partition coefficient (Wildman–Crippen LogP) is 4.78. The molecule has 222 valence electrons. The second-order valence-electron chi connectivity index (χ2n) is 11.3. The minimum atomic E-state index is -2.73. The number of benzene rings is 3. The standard InChI is InChI=1S/C32H33FO8S/c1-18-20(17-40-21-3-6-24(27(33)15-21)25-16-26(25)30(34)35)2-7-28-29(18)23-5-4-22(14-19(23)8-11-39-28)41-32(37,38)31(36)9-12-42-13-10-31/h2-7,14-15,25-26,36-38H,8-13,16-17H2,1H3,(H,34,35)/t25-,26+/m1/s1. The summed E-state index contributed by atoms with van der Waals surface area (Å²) in [6.45, 7) is 2.56. The number of fused-ring (bicyclic) bond motifs is 3. The van der Waals surface area contributed by atoms with E-state index in [1.807, 2.05) is 25.1 Å². The highest BCUT2D eigenvalue weighted by Crippen LogP contribution is 2.49. The minimum Gasteiger partial charge on any atom is -0.493 e. The molecule has 1 saturated heterocycles. The van der Waals surface area contributed by atoms with Crippen molar-refractivity contribution >= 4 is 17.7 Å². The first-order valence-electron chi connectivity index (χ1n) is 14.0. The minimum absolute atomic E-state index is 0.185. The van der Waals surface area contributed by atoms with Gasteiger partial charge in [-0.25, -0.2) is 4.39 Å². The summed E-state index contributed by atoms with van der Waals surface area (Å²) in [4.78, 5) is 11.2. The van der Waals surface area contributed by atoms with Crippen LogP contribution in [0.15, 0.2) is 48.5 Å². The van der Waals surface area contributed by atoms with Gasteiger partial charge in [0.05, 0.1) is 12.5 Å². The highest BCUT2D eigenvalue weighted by molar-refractivity contribution is 7.99. The van der Waals surface area contributed by atoms with Gasteiger partial charge in [0, 0.05) is 24.0 Å². The molecule has 8 nitrogen and oxygen atoms in total. The van der Waals surface area contributed by atoms with E-state index in [4.69, 9.17) is 19.3 Å². The van der Waals surface area contributed by atoms with Gasteiger partial charge in [-0.3, -0.25) is 4.79 Å². The van der Waals surface area contributed by atoms with E-state index in [0.717, 1.165) is 27.8 Å². The largest absolute Gasteiger partial charge is 0.493 e. The third-order valence-corrected chi connectivity index (χ3v) is 9.56. The molecular formula is C32H33FO8S. The molecule has 4 N–H and O–H groups in total. The maximum atomic E-state index is 14.7. The Kier molecular flexibility index (Phi) is 7.59. The second-order valence-corrected chi connectivity index (χ2v) is 12.5. The van der Waals surface area contributed by atoms with E-state index in [9.17, 15) is 24.5 Å². The SMILES string of the molecule is Cc1c(COc2ccc([C@H]3C[C@@H]3C(=O)O)c(F)c2)ccc2c1-c1ccc(OC(O)(O)C3(O)CCSCC3)cc1CCO2. The van der Waals surface area contributed by atoms with Crippen molar-refractivity contribution in [3.63, 3.8) is 0 Å². The monoisotopic (exact) mass is 596 g/mol. The van der Waals surface area contributed by atoms with Gasteiger partial charge >= 0.3 is 11.9 Å². The van der Waals surface area contributed by atoms with Crippen molar-refractivity contribution in [2.75, 3.05) is 18.1 Å². The molecule has 2 fully saturated rings. The normalized spacial score (nSPS) is 20.9. The summed E-state index contributed by atoms with van der Waals surface area (Å²) in [7, 11) is 0. The third-order valence-electron chi connectivity index (χ3n) is 8.57. The maximum absolute atomic E-state index is 14.7. The molecule has 3 aromatic rings. The zero-order chi connectivity index (χ0) is 29.6. The molecule has 42 heavy (non-hydrogen) atoms. The van der Waals surface area contributed by atoms with Crippen LogP contribution in [0.4, 0.5) is 4.39 Å². The quantitative estimate of drug-likeness (QED) is 0.272. The van der Waals surface area contributed by atoms with Crippen LogP contribution >= 0.6 is 11.8 Å². The first kappa shape index (κ1) is 28.8. The number of carboxylic acids is 1. The highest BCUT2D eigenvalue weighted by Gasteiger charge is 2.52. The lowest BCUT2D eigenvalue weighted by atomic mass is 9.91. The van der Waals surface area contributed by atoms with E-state index in [-0.39, 0.29) is 31.1 Å². The van der Waals surface area contributed by atoms with Crippen LogP contribution in [0.3, 0.4) is 0 Å². The molecule has 2 atom stereocenters. The Morgan fingerprint density at radius 1 is 1.12 bits per heavy atom. The van der Waals surface area contributed by atoms with Crippen molar-refractivity contribution in [2.24, 2.45) is 5.92 Å². The molecule has 3 aromatic carbocycles. The lowest BCUT2D eigenvalue weighted by Crippen LogP contribution is -2.59. The van der Waals surface area contributed by atoms with Crippen molar-refractivity contribution in [3.05, 3.63) is 76.6 Å². The van der Waals surface area contributed by atoms with E-state index >= 15 is 0 Å². The average molecular weight is 597 g/mol. The first-order valence-corrected chi connectivity index (χ1v) is 15.2. The van der Waals surface area contributed by atoms with E-state index < -0.39 is 29.3 Å². The Hall–Kier alpha value is -3.31. The van der Waals surface area contributed by atoms with Gasteiger partial charge in [0.1, 0.15) is 29.7 Å². The molecule has 10 heteroatoms. The van der Waals surface area contributed by atoms with Crippen molar-refractivity contribution in [1.82, 2.24) is 0 Å². The summed E-state index contributed by atoms with van der Waals surface area (Å²) in [5, 5.41) is 41.4. The van der Waals surface area contributed by atoms with Gasteiger partial charge in [-0.2, -0.15) is 11.8 Å². The van der Waals surface area contributed by atoms with Crippen LogP contribution < -0.4 is 14.2 Å². The molecule has 1 saturated carbocycles. The van der Waals surface area contributed by atoms with Crippen LogP contribution in [0.25, 0.3) is 11.1 Å². The van der Waals surface area contributed by atoms with Gasteiger partial charge in [0.25, 0.3) is 0 Å². The van der Waals surface area contributed by atoms with Gasteiger partial charge in [-0.05, 0) is 89.8 Å². The molecular weight excluding hydrogens is 563 g/mol. The summed E-state index contributed by atoms with van der Waals surface area (Å²) in [5.41, 5.74) is 3.14. The fourth-order valence-corrected chi connectivity index (χ4v) is 7.03. The lowest BCUT2D eigenvalue weighted by molar-refractivity contribution is -0.376. The number of halogens is 1. The molecule has 1 aliphatic carbocycles. The lowest BCUT2D eigenvalue weighted by Gasteiger charge is -2.40. The van der Waals surface area contributed by atoms with Crippen molar-refractivity contribution in [1.29, 1.82) is 0 Å². The predicted molar refractivity (Wildman–Crippen MR) is 154 cm³/mol. The molecule has 0 spiro atoms. The van der Waals surface area contributed by atoms with Crippen LogP contribution in [0.2, 0.25) is 0 Å². The van der Waals surface area contributed by atoms with E-state index in [2.05, 4.69) is 0 Å². The smallest absolute Gasteiger partial charge is 0.352 e. The van der Waals surface area contributed by atoms with E-state index in [0.29, 0.717) is 48.0 Å². The summed E-state index contributed by atoms with van der Waals surface area (Å²) in [6, 6.07) is 13.6. The van der Waals surface area contributed by atoms with Crippen LogP contribution in [0, 0.1) is 18.7 Å². The molecule has 6 rings (SSSR count). The maximum Gasteiger partial charge on any atom is 0.352 e. The number of hydrogen-bond acceptors (Lipinski definition) is 8. The van der Waals surface area contributed by atoms with Crippen LogP contribution in [-0.2, 0) is 17.8 Å². The zero-order valence-corrected chi connectivity index (χ0v) is 24.0. The molecule has 2 heterocycles. The molecule has 0 bridgehead atoms. The second kappa shape index (κ2) is 11.1. The van der Waals surface area contributed by atoms with Gasteiger partial charge in [0.15, 0.2) is 5.60 Å². The van der Waals surface area contributed by atoms with Gasteiger partial charge in [-0.15, -0.1) is 0 Å². The van der Waals surface area contributed by atoms with Gasteiger partial charge in [0.2, 0.25) is 0 Å². The Labute approximate surface area is 247 Å². The van der Waals surface area contributed by atoms with Crippen LogP contribution in [-0.4, -0.2) is 56.1 Å². The molecule has 0 unspecified atom stereocenters. The topological polar surface area (TPSA) is 126 Å². The molecule has 0 amide bonds. The number of rotatable bonds is 8. The summed E-state index contributed by atoms with van der Waals surface area (Å²) in [6.07, 6.45) is 1.43. The van der Waals surface area contributed by atoms with Crippen LogP contribution in [0.1, 0.15) is 47.4 Å². The Bertz CT molecular complexity index is 1520. The first-order chi connectivity index (χ1) is 20.1. The Morgan fingerprint density at radius 3 is 2.60 bits per heavy atom. The highest BCUT2D eigenvalue weighted by atomic mass is 32.2. The van der Waals surface area contributed by atoms with Crippen molar-refractivity contribution in [3.8, 4) is 28.4 Å². The number of carbonyl (C=O) groups is 1. The Morgan fingerprint density at radius 2 is 1.88 bits per heavy atom. The fraction of sp³-hybridized carbons (Fsp3) is 0.406. The third kappa shape index (κ3) is 5.44. The molecule has 2 aliphatic heterocycles. The summed E-state index contributed by atoms with van der Waals surface area (Å²) >= 11 is 1.65. The van der Waals surface area contributed by atoms with Gasteiger partial charge in [-0.1, -0.05) is 18.2 Å². The molecule has 0 aromatic heterocycles. The van der Waals surface area contributed by atoms with Crippen molar-refractivity contribution in [2.45, 2.75) is 56.7 Å². The van der Waals surface area contributed by atoms with Gasteiger partial charge < -0.3 is 34.6 Å². The zero-order valence-electron chi connectivity index (χ0n) is 23.1. The number of hydrogen-bond donors (Lipinski definition) is 4. The number of aliphatic hydroxyl groups is 3. The molecule has 3 aliphatic rings. The summed E-state index contributed by atoms with van der Waals surface area (Å²) < 4.78 is 32.3. The number of carboxylic acid groups (broad SMARTS) is 1. The van der Waals surface area contributed by atoms with Crippen molar-refractivity contribution < 1.29 is 43.8 Å². The number of aliphatic carboxylic acids is 1. The average Bonchev–Trinajstić information content (AvgIpc) is 3.76. The Balaban J connectivity index is 1.21. The summed E-state index contributed by atoms with van der Waals surface area (Å²) in [5.74, 6) is -2.40. The number of ether oxygens (including phenoxy) is 3. The van der Waals surface area contributed by atoms with E-state index in [1.165, 1.54) is 6.07 Å². The fourth-order valence-electron chi connectivity index (χ4n) is 5.86. The number of thioether (sulfide) groups is 1.